The number of hydrogen-bond acceptors (Lipinski definition) is 3. The Morgan fingerprint density at radius 2 is 2.17 bits per heavy atom. The molecular formula is C5H8IN3O2S. The first-order valence-corrected chi connectivity index (χ1v) is 5.55. The molecule has 1 rings (SSSR count). The Bertz CT molecular complexity index is 370. The minimum Gasteiger partial charge on any atom is -0.189 e. The lowest BCUT2D eigenvalue weighted by atomic mass is 10.8. The van der Waals surface area contributed by atoms with E-state index in [0.29, 0.717) is 0 Å². The van der Waals surface area contributed by atoms with Gasteiger partial charge in [-0.05, 0) is 22.6 Å². The van der Waals surface area contributed by atoms with Crippen molar-refractivity contribution in [3.63, 3.8) is 0 Å². The fraction of sp³-hybridized carbons (Fsp3) is 0.400. The average Bonchev–Trinajstić information content (AvgIpc) is 2.35. The molecule has 0 spiro atoms. The monoisotopic (exact) mass is 301 g/mol. The summed E-state index contributed by atoms with van der Waals surface area (Å²) in [5.74, 6) is 0. The number of rotatable bonds is 2. The van der Waals surface area contributed by atoms with Crippen molar-refractivity contribution in [1.82, 2.24) is 13.5 Å². The molecule has 0 fully saturated rings. The predicted octanol–water partition coefficient (Wildman–Crippen LogP) is 0.142. The predicted molar refractivity (Wildman–Crippen MR) is 52.9 cm³/mol. The van der Waals surface area contributed by atoms with Gasteiger partial charge in [-0.15, -0.1) is 0 Å². The van der Waals surface area contributed by atoms with Gasteiger partial charge in [0.1, 0.15) is 0 Å². The summed E-state index contributed by atoms with van der Waals surface area (Å²) in [6.45, 7) is 0. The molecule has 0 N–H and O–H groups in total. The molecule has 1 aromatic rings. The standard InChI is InChI=1S/C5H8IN3O2S/c1-8(2)12(10,11)9-4-5(6)3-7-9/h3-4H,1-2H3. The van der Waals surface area contributed by atoms with Crippen LogP contribution < -0.4 is 0 Å². The molecular weight excluding hydrogens is 293 g/mol. The number of nitrogens with zero attached hydrogens (tertiary/aromatic N) is 3. The van der Waals surface area contributed by atoms with E-state index in [9.17, 15) is 8.42 Å². The molecule has 1 aromatic heterocycles. The highest BCUT2D eigenvalue weighted by atomic mass is 127. The van der Waals surface area contributed by atoms with Crippen LogP contribution in [0.3, 0.4) is 0 Å². The van der Waals surface area contributed by atoms with E-state index in [-0.39, 0.29) is 0 Å². The normalized spacial score (nSPS) is 12.3. The van der Waals surface area contributed by atoms with Crippen molar-refractivity contribution in [3.05, 3.63) is 16.0 Å². The highest BCUT2D eigenvalue weighted by Crippen LogP contribution is 2.05. The van der Waals surface area contributed by atoms with Crippen LogP contribution in [0.15, 0.2) is 12.4 Å². The molecule has 12 heavy (non-hydrogen) atoms. The van der Waals surface area contributed by atoms with Crippen LogP contribution in [0.2, 0.25) is 0 Å². The molecule has 0 aromatic carbocycles. The van der Waals surface area contributed by atoms with E-state index in [2.05, 4.69) is 5.10 Å². The van der Waals surface area contributed by atoms with E-state index in [1.165, 1.54) is 26.5 Å². The summed E-state index contributed by atoms with van der Waals surface area (Å²) in [6.07, 6.45) is 2.94. The highest BCUT2D eigenvalue weighted by Gasteiger charge is 2.16. The second-order valence-corrected chi connectivity index (χ2v) is 5.57. The van der Waals surface area contributed by atoms with Crippen molar-refractivity contribution >= 4 is 32.8 Å². The zero-order chi connectivity index (χ0) is 9.35. The Balaban J connectivity index is 3.15. The van der Waals surface area contributed by atoms with Gasteiger partial charge in [-0.25, -0.2) is 0 Å². The first kappa shape index (κ1) is 9.93. The van der Waals surface area contributed by atoms with Gasteiger partial charge in [0.15, 0.2) is 0 Å². The number of aromatic nitrogens is 2. The molecule has 0 saturated carbocycles. The molecule has 0 bridgehead atoms. The van der Waals surface area contributed by atoms with Gasteiger partial charge in [0.05, 0.1) is 16.0 Å². The van der Waals surface area contributed by atoms with Gasteiger partial charge in [-0.3, -0.25) is 0 Å². The maximum atomic E-state index is 11.4. The summed E-state index contributed by atoms with van der Waals surface area (Å²) >= 11 is 2.00. The minimum atomic E-state index is -3.42. The van der Waals surface area contributed by atoms with Gasteiger partial charge in [0, 0.05) is 14.1 Å². The van der Waals surface area contributed by atoms with Crippen LogP contribution in [0.25, 0.3) is 0 Å². The molecule has 0 aliphatic carbocycles. The fourth-order valence-corrected chi connectivity index (χ4v) is 1.90. The summed E-state index contributed by atoms with van der Waals surface area (Å²) in [5.41, 5.74) is 0. The molecule has 0 aliphatic heterocycles. The van der Waals surface area contributed by atoms with Crippen LogP contribution in [-0.2, 0) is 10.2 Å². The summed E-state index contributed by atoms with van der Waals surface area (Å²) < 4.78 is 25.6. The second kappa shape index (κ2) is 3.30. The van der Waals surface area contributed by atoms with Crippen LogP contribution in [0.1, 0.15) is 0 Å². The molecule has 0 radical (unpaired) electrons. The topological polar surface area (TPSA) is 55.2 Å². The maximum Gasteiger partial charge on any atom is 0.322 e. The van der Waals surface area contributed by atoms with Crippen LogP contribution in [-0.4, -0.2) is 36.0 Å². The third-order valence-corrected chi connectivity index (χ3v) is 3.38. The zero-order valence-electron chi connectivity index (χ0n) is 6.60. The molecule has 7 heteroatoms. The first-order valence-electron chi connectivity index (χ1n) is 3.08. The minimum absolute atomic E-state index is 0.790. The second-order valence-electron chi connectivity index (χ2n) is 2.32. The third kappa shape index (κ3) is 1.77. The quantitative estimate of drug-likeness (QED) is 0.730. The van der Waals surface area contributed by atoms with Crippen molar-refractivity contribution in [2.24, 2.45) is 0 Å². The van der Waals surface area contributed by atoms with Gasteiger partial charge >= 0.3 is 10.2 Å². The Morgan fingerprint density at radius 3 is 2.50 bits per heavy atom. The molecule has 0 unspecified atom stereocenters. The van der Waals surface area contributed by atoms with Gasteiger partial charge in [0.2, 0.25) is 0 Å². The molecule has 0 saturated heterocycles. The first-order chi connectivity index (χ1) is 5.44. The summed E-state index contributed by atoms with van der Waals surface area (Å²) in [7, 11) is -0.498. The van der Waals surface area contributed by atoms with E-state index in [1.807, 2.05) is 22.6 Å². The van der Waals surface area contributed by atoms with Crippen molar-refractivity contribution in [3.8, 4) is 0 Å². The molecule has 0 atom stereocenters. The molecule has 68 valence electrons. The molecule has 5 nitrogen and oxygen atoms in total. The third-order valence-electron chi connectivity index (χ3n) is 1.23. The molecule has 0 aliphatic rings. The summed E-state index contributed by atoms with van der Waals surface area (Å²) in [5, 5.41) is 3.69. The number of hydrogen-bond donors (Lipinski definition) is 0. The van der Waals surface area contributed by atoms with Gasteiger partial charge in [-0.1, -0.05) is 0 Å². The average molecular weight is 301 g/mol. The van der Waals surface area contributed by atoms with Gasteiger partial charge < -0.3 is 0 Å². The Hall–Kier alpha value is -0.150. The Kier molecular flexibility index (Phi) is 2.74. The maximum absolute atomic E-state index is 11.4. The molecule has 1 heterocycles. The number of halogens is 1. The van der Waals surface area contributed by atoms with E-state index in [1.54, 1.807) is 0 Å². The smallest absolute Gasteiger partial charge is 0.189 e. The summed E-state index contributed by atoms with van der Waals surface area (Å²) in [6, 6.07) is 0. The van der Waals surface area contributed by atoms with Crippen LogP contribution in [0, 0.1) is 3.57 Å². The Morgan fingerprint density at radius 1 is 1.58 bits per heavy atom. The van der Waals surface area contributed by atoms with Crippen molar-refractivity contribution < 1.29 is 8.42 Å². The van der Waals surface area contributed by atoms with Gasteiger partial charge in [-0.2, -0.15) is 21.9 Å². The lowest BCUT2D eigenvalue weighted by Gasteiger charge is -2.09. The van der Waals surface area contributed by atoms with Crippen LogP contribution in [0.4, 0.5) is 0 Å². The lowest BCUT2D eigenvalue weighted by Crippen LogP contribution is -2.29. The lowest BCUT2D eigenvalue weighted by molar-refractivity contribution is 0.504. The Labute approximate surface area is 84.7 Å². The fourth-order valence-electron chi connectivity index (χ4n) is 0.578. The van der Waals surface area contributed by atoms with E-state index < -0.39 is 10.2 Å². The van der Waals surface area contributed by atoms with Crippen LogP contribution in [0.5, 0.6) is 0 Å². The SMILES string of the molecule is CN(C)S(=O)(=O)n1cc(I)cn1. The largest absolute Gasteiger partial charge is 0.322 e. The highest BCUT2D eigenvalue weighted by molar-refractivity contribution is 14.1. The van der Waals surface area contributed by atoms with E-state index >= 15 is 0 Å². The van der Waals surface area contributed by atoms with Crippen molar-refractivity contribution in [2.75, 3.05) is 14.1 Å². The van der Waals surface area contributed by atoms with E-state index in [0.717, 1.165) is 12.0 Å². The van der Waals surface area contributed by atoms with E-state index in [4.69, 9.17) is 0 Å². The van der Waals surface area contributed by atoms with Crippen molar-refractivity contribution in [2.45, 2.75) is 0 Å². The summed E-state index contributed by atoms with van der Waals surface area (Å²) in [4.78, 5) is 0. The zero-order valence-corrected chi connectivity index (χ0v) is 9.57. The van der Waals surface area contributed by atoms with Gasteiger partial charge in [0.25, 0.3) is 0 Å². The molecule has 0 amide bonds. The van der Waals surface area contributed by atoms with Crippen LogP contribution >= 0.6 is 22.6 Å². The van der Waals surface area contributed by atoms with Crippen molar-refractivity contribution in [1.29, 1.82) is 0 Å².